The molecule has 182 valence electrons. The van der Waals surface area contributed by atoms with E-state index in [0.29, 0.717) is 5.75 Å². The number of hydrogen-bond acceptors (Lipinski definition) is 5. The van der Waals surface area contributed by atoms with Crippen LogP contribution in [0.1, 0.15) is 37.0 Å². The van der Waals surface area contributed by atoms with Crippen molar-refractivity contribution in [3.63, 3.8) is 0 Å². The minimum absolute atomic E-state index is 0.0256. The van der Waals surface area contributed by atoms with Gasteiger partial charge in [-0.1, -0.05) is 50.2 Å². The van der Waals surface area contributed by atoms with Gasteiger partial charge >= 0.3 is 18.0 Å². The maximum Gasteiger partial charge on any atom is 0.334 e. The summed E-state index contributed by atoms with van der Waals surface area (Å²) in [5.74, 6) is -1.58. The Kier molecular flexibility index (Phi) is 8.65. The van der Waals surface area contributed by atoms with Crippen LogP contribution in [0.4, 0.5) is 4.79 Å². The molecule has 34 heavy (non-hydrogen) atoms. The van der Waals surface area contributed by atoms with Crippen molar-refractivity contribution in [1.82, 2.24) is 10.2 Å². The lowest BCUT2D eigenvalue weighted by Crippen LogP contribution is -2.53. The highest BCUT2D eigenvalue weighted by Crippen LogP contribution is 2.26. The van der Waals surface area contributed by atoms with Crippen LogP contribution in [0.2, 0.25) is 0 Å². The van der Waals surface area contributed by atoms with Gasteiger partial charge in [-0.2, -0.15) is 0 Å². The Labute approximate surface area is 199 Å². The van der Waals surface area contributed by atoms with Crippen LogP contribution >= 0.6 is 0 Å². The zero-order valence-electron chi connectivity index (χ0n) is 19.6. The average Bonchev–Trinajstić information content (AvgIpc) is 3.26. The van der Waals surface area contributed by atoms with Crippen molar-refractivity contribution in [2.24, 2.45) is 5.92 Å². The van der Waals surface area contributed by atoms with Crippen molar-refractivity contribution in [2.75, 3.05) is 13.1 Å². The molecule has 0 aromatic heterocycles. The molecular weight excluding hydrogens is 436 g/mol. The zero-order chi connectivity index (χ0) is 24.7. The molecule has 2 aromatic carbocycles. The van der Waals surface area contributed by atoms with Gasteiger partial charge < -0.3 is 25.2 Å². The number of amides is 2. The highest BCUT2D eigenvalue weighted by atomic mass is 16.5. The Morgan fingerprint density at radius 1 is 1.03 bits per heavy atom. The van der Waals surface area contributed by atoms with Crippen LogP contribution in [-0.2, 0) is 28.9 Å². The normalized spacial score (nSPS) is 14.2. The molecular formula is C26H32N2O6. The Morgan fingerprint density at radius 2 is 1.74 bits per heavy atom. The SMILES string of the molecule is CC(C)CN(C[C@H](O)C(=O)O)C(=O)N[C@@H](Cc1ccccc1)C(=O)Oc1ccc2c(c1)CCC2. The number of nitrogens with zero attached hydrogens (tertiary/aromatic N) is 1. The predicted octanol–water partition coefficient (Wildman–Crippen LogP) is 2.81. The van der Waals surface area contributed by atoms with Crippen molar-refractivity contribution in [3.05, 3.63) is 65.2 Å². The molecule has 0 unspecified atom stereocenters. The van der Waals surface area contributed by atoms with E-state index in [4.69, 9.17) is 9.84 Å². The van der Waals surface area contributed by atoms with E-state index in [9.17, 15) is 19.5 Å². The van der Waals surface area contributed by atoms with Gasteiger partial charge in [-0.3, -0.25) is 0 Å². The topological polar surface area (TPSA) is 116 Å². The van der Waals surface area contributed by atoms with Gasteiger partial charge in [-0.25, -0.2) is 14.4 Å². The second kappa shape index (κ2) is 11.7. The lowest BCUT2D eigenvalue weighted by molar-refractivity contribution is -0.147. The Morgan fingerprint density at radius 3 is 2.41 bits per heavy atom. The van der Waals surface area contributed by atoms with Crippen LogP contribution in [0.25, 0.3) is 0 Å². The van der Waals surface area contributed by atoms with E-state index in [0.717, 1.165) is 24.8 Å². The lowest BCUT2D eigenvalue weighted by Gasteiger charge is -2.28. The molecule has 0 heterocycles. The molecule has 0 aliphatic heterocycles. The maximum absolute atomic E-state index is 13.1. The van der Waals surface area contributed by atoms with Gasteiger partial charge in [0.25, 0.3) is 0 Å². The highest BCUT2D eigenvalue weighted by molar-refractivity contribution is 5.85. The first kappa shape index (κ1) is 25.2. The van der Waals surface area contributed by atoms with Crippen molar-refractivity contribution in [3.8, 4) is 5.75 Å². The summed E-state index contributed by atoms with van der Waals surface area (Å²) in [5, 5.41) is 21.6. The third-order valence-corrected chi connectivity index (χ3v) is 5.70. The summed E-state index contributed by atoms with van der Waals surface area (Å²) >= 11 is 0. The first-order valence-electron chi connectivity index (χ1n) is 11.6. The van der Waals surface area contributed by atoms with Crippen LogP contribution in [0.3, 0.4) is 0 Å². The quantitative estimate of drug-likeness (QED) is 0.365. The molecule has 8 nitrogen and oxygen atoms in total. The highest BCUT2D eigenvalue weighted by Gasteiger charge is 2.29. The summed E-state index contributed by atoms with van der Waals surface area (Å²) in [6.45, 7) is 3.57. The van der Waals surface area contributed by atoms with Crippen molar-refractivity contribution in [2.45, 2.75) is 51.7 Å². The fraction of sp³-hybridized carbons (Fsp3) is 0.423. The number of carboxylic acid groups (broad SMARTS) is 1. The number of aliphatic carboxylic acids is 1. The molecule has 0 fully saturated rings. The summed E-state index contributed by atoms with van der Waals surface area (Å²) in [5.41, 5.74) is 3.26. The van der Waals surface area contributed by atoms with Gasteiger partial charge in [0.15, 0.2) is 6.10 Å². The lowest BCUT2D eigenvalue weighted by atomic mass is 10.1. The minimum Gasteiger partial charge on any atom is -0.479 e. The van der Waals surface area contributed by atoms with E-state index in [1.54, 1.807) is 6.07 Å². The molecule has 0 radical (unpaired) electrons. The van der Waals surface area contributed by atoms with Crippen molar-refractivity contribution in [1.29, 1.82) is 0 Å². The molecule has 0 saturated heterocycles. The predicted molar refractivity (Wildman–Crippen MR) is 127 cm³/mol. The fourth-order valence-corrected chi connectivity index (χ4v) is 4.05. The molecule has 0 spiro atoms. The first-order valence-corrected chi connectivity index (χ1v) is 11.6. The van der Waals surface area contributed by atoms with E-state index in [2.05, 4.69) is 5.32 Å². The van der Waals surface area contributed by atoms with Crippen LogP contribution in [0.5, 0.6) is 5.75 Å². The largest absolute Gasteiger partial charge is 0.479 e. The maximum atomic E-state index is 13.1. The van der Waals surface area contributed by atoms with E-state index < -0.39 is 36.7 Å². The second-order valence-corrected chi connectivity index (χ2v) is 9.05. The smallest absolute Gasteiger partial charge is 0.334 e. The molecule has 8 heteroatoms. The molecule has 1 aliphatic carbocycles. The Hall–Kier alpha value is -3.39. The number of ether oxygens (including phenoxy) is 1. The number of carbonyl (C=O) groups is 3. The molecule has 0 saturated carbocycles. The van der Waals surface area contributed by atoms with Gasteiger partial charge in [0, 0.05) is 13.0 Å². The standard InChI is InChI=1S/C26H32N2O6/c1-17(2)15-28(16-23(29)24(30)31)26(33)27-22(13-18-7-4-3-5-8-18)25(32)34-21-12-11-19-9-6-10-20(19)14-21/h3-5,7-8,11-12,14,17,22-23,29H,6,9-10,13,15-16H2,1-2H3,(H,27,33)(H,30,31)/t22-,23-/m0/s1. The van der Waals surface area contributed by atoms with Gasteiger partial charge in [0.1, 0.15) is 11.8 Å². The van der Waals surface area contributed by atoms with Crippen molar-refractivity contribution < 1.29 is 29.3 Å². The van der Waals surface area contributed by atoms with E-state index >= 15 is 0 Å². The summed E-state index contributed by atoms with van der Waals surface area (Å²) in [7, 11) is 0. The number of carbonyl (C=O) groups excluding carboxylic acids is 2. The van der Waals surface area contributed by atoms with Crippen LogP contribution in [0, 0.1) is 5.92 Å². The molecule has 0 bridgehead atoms. The third-order valence-electron chi connectivity index (χ3n) is 5.70. The van der Waals surface area contributed by atoms with Gasteiger partial charge in [-0.15, -0.1) is 0 Å². The minimum atomic E-state index is -1.73. The van der Waals surface area contributed by atoms with Gasteiger partial charge in [0.2, 0.25) is 0 Å². The number of esters is 1. The van der Waals surface area contributed by atoms with Crippen LogP contribution in [0.15, 0.2) is 48.5 Å². The molecule has 2 aromatic rings. The van der Waals surface area contributed by atoms with E-state index in [1.165, 1.54) is 16.0 Å². The number of hydrogen-bond donors (Lipinski definition) is 3. The number of aliphatic hydroxyl groups is 1. The summed E-state index contributed by atoms with van der Waals surface area (Å²) in [6, 6.07) is 13.2. The number of urea groups is 1. The van der Waals surface area contributed by atoms with E-state index in [1.807, 2.05) is 56.3 Å². The molecule has 2 amide bonds. The second-order valence-electron chi connectivity index (χ2n) is 9.05. The van der Waals surface area contributed by atoms with Crippen LogP contribution < -0.4 is 10.1 Å². The zero-order valence-corrected chi connectivity index (χ0v) is 19.6. The summed E-state index contributed by atoms with van der Waals surface area (Å²) in [4.78, 5) is 38.5. The summed E-state index contributed by atoms with van der Waals surface area (Å²) < 4.78 is 5.64. The van der Waals surface area contributed by atoms with Gasteiger partial charge in [0.05, 0.1) is 6.54 Å². The number of benzene rings is 2. The number of carboxylic acids is 1. The molecule has 3 N–H and O–H groups in total. The monoisotopic (exact) mass is 468 g/mol. The summed E-state index contributed by atoms with van der Waals surface area (Å²) in [6.07, 6.45) is 1.52. The number of aryl methyl sites for hydroxylation is 2. The number of fused-ring (bicyclic) bond motifs is 1. The Bertz CT molecular complexity index is 1010. The van der Waals surface area contributed by atoms with E-state index in [-0.39, 0.29) is 18.9 Å². The van der Waals surface area contributed by atoms with Crippen molar-refractivity contribution >= 4 is 18.0 Å². The number of rotatable bonds is 10. The average molecular weight is 469 g/mol. The van der Waals surface area contributed by atoms with Gasteiger partial charge in [-0.05, 0) is 54.0 Å². The fourth-order valence-electron chi connectivity index (χ4n) is 4.05. The Balaban J connectivity index is 1.77. The number of aliphatic hydroxyl groups excluding tert-OH is 1. The first-order chi connectivity index (χ1) is 16.2. The molecule has 2 atom stereocenters. The van der Waals surface area contributed by atoms with Crippen LogP contribution in [-0.4, -0.2) is 58.3 Å². The number of nitrogens with one attached hydrogen (secondary N) is 1. The molecule has 3 rings (SSSR count). The molecule has 1 aliphatic rings. The third kappa shape index (κ3) is 7.05.